The molecule has 3 amide bonds. The van der Waals surface area contributed by atoms with Crippen LogP contribution in [0.15, 0.2) is 72.8 Å². The largest absolute Gasteiger partial charge is 0.449 e. The second-order valence-electron chi connectivity index (χ2n) is 10.9. The Bertz CT molecular complexity index is 1700. The fourth-order valence-electron chi connectivity index (χ4n) is 5.53. The first-order valence-corrected chi connectivity index (χ1v) is 15.7. The maximum absolute atomic E-state index is 13.6. The van der Waals surface area contributed by atoms with Crippen molar-refractivity contribution in [3.8, 4) is 11.1 Å². The molecule has 0 aliphatic heterocycles. The first-order chi connectivity index (χ1) is 22.2. The minimum Gasteiger partial charge on any atom is -0.449 e. The number of fused-ring (bicyclic) bond motifs is 4. The van der Waals surface area contributed by atoms with E-state index in [1.165, 1.54) is 11.3 Å². The number of alkyl carbamates (subject to hydrolysis) is 1. The summed E-state index contributed by atoms with van der Waals surface area (Å²) in [7, 11) is 0. The highest BCUT2D eigenvalue weighted by atomic mass is 32.1. The van der Waals surface area contributed by atoms with Gasteiger partial charge < -0.3 is 32.2 Å². The second-order valence-corrected chi connectivity index (χ2v) is 12.0. The summed E-state index contributed by atoms with van der Waals surface area (Å²) in [6.07, 6.45) is -0.521. The number of carbonyl (C=O) groups is 4. The number of carbonyl (C=O) groups excluding carboxylic acids is 4. The highest BCUT2D eigenvalue weighted by Gasteiger charge is 2.31. The van der Waals surface area contributed by atoms with Gasteiger partial charge in [0.05, 0.1) is 16.3 Å². The number of ketones is 1. The minimum absolute atomic E-state index is 0.0336. The van der Waals surface area contributed by atoms with Crippen molar-refractivity contribution in [1.29, 1.82) is 5.41 Å². The van der Waals surface area contributed by atoms with Gasteiger partial charge in [-0.25, -0.2) is 9.78 Å². The molecule has 3 aromatic carbocycles. The van der Waals surface area contributed by atoms with Gasteiger partial charge in [-0.2, -0.15) is 0 Å². The SMILES string of the molecule is N=C(N)NCCC[C@H](NC(=O)[C@H](CCC(N)=O)NC(=O)OCC1c2ccccc2-c2ccccc21)C(=O)c1nc2ccccc2s1. The second kappa shape index (κ2) is 14.7. The van der Waals surface area contributed by atoms with E-state index in [0.29, 0.717) is 18.5 Å². The maximum Gasteiger partial charge on any atom is 0.407 e. The molecule has 0 bridgehead atoms. The molecule has 1 aromatic heterocycles. The van der Waals surface area contributed by atoms with Crippen molar-refractivity contribution in [2.45, 2.75) is 43.7 Å². The number of nitrogens with zero attached hydrogens (tertiary/aromatic N) is 1. The number of amides is 3. The van der Waals surface area contributed by atoms with E-state index in [1.54, 1.807) is 6.07 Å². The summed E-state index contributed by atoms with van der Waals surface area (Å²) >= 11 is 1.21. The summed E-state index contributed by atoms with van der Waals surface area (Å²) < 4.78 is 6.45. The predicted molar refractivity (Wildman–Crippen MR) is 175 cm³/mol. The van der Waals surface area contributed by atoms with Gasteiger partial charge in [-0.15, -0.1) is 11.3 Å². The van der Waals surface area contributed by atoms with Gasteiger partial charge in [-0.05, 0) is 53.6 Å². The van der Waals surface area contributed by atoms with Crippen LogP contribution in [-0.4, -0.2) is 59.9 Å². The van der Waals surface area contributed by atoms with Gasteiger partial charge in [0, 0.05) is 18.9 Å². The van der Waals surface area contributed by atoms with Crippen LogP contribution in [0.3, 0.4) is 0 Å². The Morgan fingerprint density at radius 2 is 1.52 bits per heavy atom. The van der Waals surface area contributed by atoms with E-state index in [2.05, 4.69) is 20.9 Å². The average molecular weight is 642 g/mol. The van der Waals surface area contributed by atoms with Crippen molar-refractivity contribution in [3.05, 3.63) is 88.9 Å². The molecule has 4 aromatic rings. The Kier molecular flexibility index (Phi) is 10.2. The van der Waals surface area contributed by atoms with Gasteiger partial charge in [0.2, 0.25) is 17.6 Å². The molecule has 0 spiro atoms. The van der Waals surface area contributed by atoms with Crippen molar-refractivity contribution >= 4 is 51.2 Å². The number of nitrogens with two attached hydrogens (primary N) is 2. The van der Waals surface area contributed by atoms with Crippen molar-refractivity contribution in [2.24, 2.45) is 11.5 Å². The van der Waals surface area contributed by atoms with E-state index in [0.717, 1.165) is 27.0 Å². The molecule has 5 rings (SSSR count). The van der Waals surface area contributed by atoms with Crippen LogP contribution in [0.4, 0.5) is 4.79 Å². The Labute approximate surface area is 269 Å². The summed E-state index contributed by atoms with van der Waals surface area (Å²) in [6.45, 7) is 0.337. The molecule has 0 fully saturated rings. The number of Topliss-reactive ketones (excluding diaryl/α,β-unsaturated/α-hetero) is 1. The van der Waals surface area contributed by atoms with E-state index >= 15 is 0 Å². The van der Waals surface area contributed by atoms with Crippen molar-refractivity contribution in [3.63, 3.8) is 0 Å². The Morgan fingerprint density at radius 3 is 2.17 bits per heavy atom. The maximum atomic E-state index is 13.6. The normalized spacial score (nSPS) is 13.2. The molecule has 0 unspecified atom stereocenters. The van der Waals surface area contributed by atoms with Gasteiger partial charge in [-0.3, -0.25) is 19.8 Å². The third-order valence-electron chi connectivity index (χ3n) is 7.75. The molecule has 1 aliphatic carbocycles. The Balaban J connectivity index is 1.28. The Hall–Kier alpha value is -5.30. The molecular weight excluding hydrogens is 606 g/mol. The molecule has 0 saturated carbocycles. The topological polar surface area (TPSA) is 202 Å². The number of hydrogen-bond donors (Lipinski definition) is 6. The zero-order valence-corrected chi connectivity index (χ0v) is 25.8. The molecular formula is C33H35N7O5S. The van der Waals surface area contributed by atoms with Crippen molar-refractivity contribution in [1.82, 2.24) is 20.9 Å². The van der Waals surface area contributed by atoms with Gasteiger partial charge in [-0.1, -0.05) is 60.7 Å². The molecule has 13 heteroatoms. The third kappa shape index (κ3) is 7.67. The molecule has 12 nitrogen and oxygen atoms in total. The number of primary amides is 1. The van der Waals surface area contributed by atoms with Gasteiger partial charge in [0.15, 0.2) is 11.0 Å². The Morgan fingerprint density at radius 1 is 0.870 bits per heavy atom. The fourth-order valence-corrected chi connectivity index (χ4v) is 6.49. The fraction of sp³-hybridized carbons (Fsp3) is 0.273. The summed E-state index contributed by atoms with van der Waals surface area (Å²) in [5.74, 6) is -2.11. The first-order valence-electron chi connectivity index (χ1n) is 14.9. The van der Waals surface area contributed by atoms with Gasteiger partial charge >= 0.3 is 6.09 Å². The van der Waals surface area contributed by atoms with E-state index in [4.69, 9.17) is 21.6 Å². The molecule has 46 heavy (non-hydrogen) atoms. The lowest BCUT2D eigenvalue weighted by molar-refractivity contribution is -0.124. The number of hydrogen-bond acceptors (Lipinski definition) is 8. The minimum atomic E-state index is -1.20. The van der Waals surface area contributed by atoms with E-state index in [-0.39, 0.29) is 42.8 Å². The highest BCUT2D eigenvalue weighted by Crippen LogP contribution is 2.44. The summed E-state index contributed by atoms with van der Waals surface area (Å²) in [6, 6.07) is 21.0. The summed E-state index contributed by atoms with van der Waals surface area (Å²) in [5, 5.41) is 15.6. The number of benzene rings is 3. The number of thiazole rings is 1. The van der Waals surface area contributed by atoms with Crippen LogP contribution in [0.1, 0.15) is 52.5 Å². The van der Waals surface area contributed by atoms with E-state index in [9.17, 15) is 19.2 Å². The lowest BCUT2D eigenvalue weighted by atomic mass is 9.98. The summed E-state index contributed by atoms with van der Waals surface area (Å²) in [5.41, 5.74) is 15.6. The van der Waals surface area contributed by atoms with E-state index in [1.807, 2.05) is 66.7 Å². The number of guanidine groups is 1. The monoisotopic (exact) mass is 641 g/mol. The highest BCUT2D eigenvalue weighted by molar-refractivity contribution is 7.20. The molecule has 8 N–H and O–H groups in total. The predicted octanol–water partition coefficient (Wildman–Crippen LogP) is 3.40. The summed E-state index contributed by atoms with van der Waals surface area (Å²) in [4.78, 5) is 56.3. The quantitative estimate of drug-likeness (QED) is 0.0520. The molecule has 0 radical (unpaired) electrons. The molecule has 0 saturated heterocycles. The molecule has 1 heterocycles. The van der Waals surface area contributed by atoms with Crippen LogP contribution >= 0.6 is 11.3 Å². The standard InChI is InChI=1S/C33H35N7O5S/c34-28(41)16-15-26(40-33(44)45-18-23-21-10-3-1-8-19(21)20-9-2-4-11-22(20)23)30(43)38-25(13-7-17-37-32(35)36)29(42)31-39-24-12-5-6-14-27(24)46-31/h1-6,8-12,14,23,25-26H,7,13,15-18H2,(H2,34,41)(H,38,43)(H,40,44)(H4,35,36,37)/t25-,26-/m0/s1. The number of nitrogens with one attached hydrogen (secondary N) is 4. The van der Waals surface area contributed by atoms with E-state index < -0.39 is 35.8 Å². The van der Waals surface area contributed by atoms with Crippen LogP contribution in [0, 0.1) is 5.41 Å². The van der Waals surface area contributed by atoms with Crippen LogP contribution in [-0.2, 0) is 14.3 Å². The van der Waals surface area contributed by atoms with Crippen LogP contribution in [0.25, 0.3) is 21.3 Å². The molecule has 1 aliphatic rings. The lowest BCUT2D eigenvalue weighted by Crippen LogP contribution is -2.52. The van der Waals surface area contributed by atoms with Crippen LogP contribution in [0.5, 0.6) is 0 Å². The zero-order valence-electron chi connectivity index (χ0n) is 25.0. The van der Waals surface area contributed by atoms with Crippen LogP contribution < -0.4 is 27.4 Å². The van der Waals surface area contributed by atoms with Gasteiger partial charge in [0.25, 0.3) is 0 Å². The number of aromatic nitrogens is 1. The van der Waals surface area contributed by atoms with Crippen molar-refractivity contribution in [2.75, 3.05) is 13.2 Å². The zero-order chi connectivity index (χ0) is 32.6. The third-order valence-corrected chi connectivity index (χ3v) is 8.81. The number of ether oxygens (including phenoxy) is 1. The number of rotatable bonds is 14. The van der Waals surface area contributed by atoms with Crippen molar-refractivity contribution < 1.29 is 23.9 Å². The average Bonchev–Trinajstić information content (AvgIpc) is 3.62. The molecule has 2 atom stereocenters. The van der Waals surface area contributed by atoms with Crippen LogP contribution in [0.2, 0.25) is 0 Å². The van der Waals surface area contributed by atoms with Gasteiger partial charge in [0.1, 0.15) is 12.6 Å². The first kappa shape index (κ1) is 32.1. The number of para-hydroxylation sites is 1. The molecule has 238 valence electrons. The smallest absolute Gasteiger partial charge is 0.407 e. The lowest BCUT2D eigenvalue weighted by Gasteiger charge is -2.23.